The number of nitro groups is 1. The number of amides is 2. The van der Waals surface area contributed by atoms with Gasteiger partial charge in [0.25, 0.3) is 17.5 Å². The summed E-state index contributed by atoms with van der Waals surface area (Å²) in [6.45, 7) is 5.62. The summed E-state index contributed by atoms with van der Waals surface area (Å²) >= 11 is 0. The third kappa shape index (κ3) is 5.13. The highest BCUT2D eigenvalue weighted by Gasteiger charge is 2.16. The van der Waals surface area contributed by atoms with Crippen LogP contribution in [0, 0.1) is 10.1 Å². The van der Waals surface area contributed by atoms with Gasteiger partial charge in [0.1, 0.15) is 0 Å². The highest BCUT2D eigenvalue weighted by Crippen LogP contribution is 2.16. The van der Waals surface area contributed by atoms with Crippen LogP contribution in [-0.4, -0.2) is 22.3 Å². The van der Waals surface area contributed by atoms with Crippen LogP contribution in [0.5, 0.6) is 0 Å². The standard InChI is InChI=1S/C18H19N3O4/c1-18(2,3)20-17(23)12-6-4-8-14(10-12)19-16(22)13-7-5-9-15(11-13)21(24)25/h4-11H,1-3H3,(H,19,22)(H,20,23). The molecule has 2 aromatic rings. The van der Waals surface area contributed by atoms with E-state index in [0.717, 1.165) is 0 Å². The van der Waals surface area contributed by atoms with Crippen molar-refractivity contribution in [3.05, 3.63) is 69.8 Å². The fourth-order valence-electron chi connectivity index (χ4n) is 2.11. The minimum Gasteiger partial charge on any atom is -0.347 e. The lowest BCUT2D eigenvalue weighted by Crippen LogP contribution is -2.40. The Bertz CT molecular complexity index is 825. The van der Waals surface area contributed by atoms with Crippen molar-refractivity contribution in [1.29, 1.82) is 0 Å². The van der Waals surface area contributed by atoms with E-state index in [1.54, 1.807) is 24.3 Å². The van der Waals surface area contributed by atoms with E-state index in [2.05, 4.69) is 10.6 Å². The van der Waals surface area contributed by atoms with E-state index in [0.29, 0.717) is 11.3 Å². The van der Waals surface area contributed by atoms with Gasteiger partial charge in [-0.15, -0.1) is 0 Å². The predicted octanol–water partition coefficient (Wildman–Crippen LogP) is 3.38. The second-order valence-corrected chi connectivity index (χ2v) is 6.55. The maximum Gasteiger partial charge on any atom is 0.270 e. The summed E-state index contributed by atoms with van der Waals surface area (Å²) in [5.74, 6) is -0.740. The summed E-state index contributed by atoms with van der Waals surface area (Å²) in [7, 11) is 0. The molecule has 0 aliphatic carbocycles. The van der Waals surface area contributed by atoms with Crippen molar-refractivity contribution >= 4 is 23.2 Å². The zero-order chi connectivity index (χ0) is 18.6. The molecule has 0 saturated carbocycles. The van der Waals surface area contributed by atoms with Crippen molar-refractivity contribution in [2.75, 3.05) is 5.32 Å². The Kier molecular flexibility index (Phi) is 5.17. The van der Waals surface area contributed by atoms with Crippen molar-refractivity contribution in [2.45, 2.75) is 26.3 Å². The van der Waals surface area contributed by atoms with Crippen molar-refractivity contribution in [3.63, 3.8) is 0 Å². The van der Waals surface area contributed by atoms with Gasteiger partial charge in [0, 0.05) is 34.5 Å². The lowest BCUT2D eigenvalue weighted by molar-refractivity contribution is -0.384. The molecule has 130 valence electrons. The van der Waals surface area contributed by atoms with Gasteiger partial charge in [-0.1, -0.05) is 12.1 Å². The molecule has 0 aromatic heterocycles. The molecule has 0 spiro atoms. The van der Waals surface area contributed by atoms with Crippen LogP contribution in [-0.2, 0) is 0 Å². The minimum atomic E-state index is -0.561. The molecule has 0 aliphatic heterocycles. The number of nitrogens with zero attached hydrogens (tertiary/aromatic N) is 1. The van der Waals surface area contributed by atoms with Gasteiger partial charge in [0.05, 0.1) is 4.92 Å². The molecule has 2 rings (SSSR count). The van der Waals surface area contributed by atoms with Gasteiger partial charge in [-0.25, -0.2) is 0 Å². The van der Waals surface area contributed by atoms with E-state index in [9.17, 15) is 19.7 Å². The molecule has 0 radical (unpaired) electrons. The van der Waals surface area contributed by atoms with Crippen molar-refractivity contribution in [1.82, 2.24) is 5.32 Å². The van der Waals surface area contributed by atoms with Crippen molar-refractivity contribution in [3.8, 4) is 0 Å². The van der Waals surface area contributed by atoms with Crippen LogP contribution in [0.4, 0.5) is 11.4 Å². The third-order valence-electron chi connectivity index (χ3n) is 3.19. The fraction of sp³-hybridized carbons (Fsp3) is 0.222. The number of nitro benzene ring substituents is 1. The molecule has 0 atom stereocenters. The summed E-state index contributed by atoms with van der Waals surface area (Å²) in [6.07, 6.45) is 0. The number of nitrogens with one attached hydrogen (secondary N) is 2. The molecule has 2 amide bonds. The number of anilines is 1. The monoisotopic (exact) mass is 341 g/mol. The Balaban J connectivity index is 2.16. The topological polar surface area (TPSA) is 101 Å². The predicted molar refractivity (Wildman–Crippen MR) is 94.7 cm³/mol. The maximum atomic E-state index is 12.3. The van der Waals surface area contributed by atoms with Crippen LogP contribution < -0.4 is 10.6 Å². The minimum absolute atomic E-state index is 0.161. The zero-order valence-corrected chi connectivity index (χ0v) is 14.2. The van der Waals surface area contributed by atoms with E-state index in [-0.39, 0.29) is 22.7 Å². The maximum absolute atomic E-state index is 12.3. The van der Waals surface area contributed by atoms with Gasteiger partial charge in [-0.2, -0.15) is 0 Å². The first-order chi connectivity index (χ1) is 11.7. The third-order valence-corrected chi connectivity index (χ3v) is 3.19. The molecule has 25 heavy (non-hydrogen) atoms. The SMILES string of the molecule is CC(C)(C)NC(=O)c1cccc(NC(=O)c2cccc([N+](=O)[O-])c2)c1. The molecule has 0 aliphatic rings. The van der Waals surface area contributed by atoms with Crippen LogP contribution in [0.1, 0.15) is 41.5 Å². The fourth-order valence-corrected chi connectivity index (χ4v) is 2.11. The lowest BCUT2D eigenvalue weighted by Gasteiger charge is -2.20. The first-order valence-corrected chi connectivity index (χ1v) is 7.64. The summed E-state index contributed by atoms with van der Waals surface area (Å²) in [5, 5.41) is 16.3. The number of carbonyl (C=O) groups excluding carboxylic acids is 2. The Morgan fingerprint density at radius 1 is 0.960 bits per heavy atom. The van der Waals surface area contributed by atoms with E-state index in [1.807, 2.05) is 20.8 Å². The number of hydrogen-bond acceptors (Lipinski definition) is 4. The lowest BCUT2D eigenvalue weighted by atomic mass is 10.1. The summed E-state index contributed by atoms with van der Waals surface area (Å²) < 4.78 is 0. The molecular weight excluding hydrogens is 322 g/mol. The van der Waals surface area contributed by atoms with Crippen molar-refractivity contribution in [2.24, 2.45) is 0 Å². The quantitative estimate of drug-likeness (QED) is 0.657. The molecule has 7 nitrogen and oxygen atoms in total. The molecule has 0 saturated heterocycles. The average molecular weight is 341 g/mol. The number of rotatable bonds is 4. The van der Waals surface area contributed by atoms with Crippen LogP contribution in [0.15, 0.2) is 48.5 Å². The highest BCUT2D eigenvalue weighted by atomic mass is 16.6. The average Bonchev–Trinajstić information content (AvgIpc) is 2.53. The smallest absolute Gasteiger partial charge is 0.270 e. The van der Waals surface area contributed by atoms with Gasteiger partial charge in [-0.05, 0) is 45.0 Å². The number of non-ortho nitro benzene ring substituents is 1. The number of carbonyl (C=O) groups is 2. The molecule has 0 unspecified atom stereocenters. The van der Waals surface area contributed by atoms with E-state index >= 15 is 0 Å². The van der Waals surface area contributed by atoms with Gasteiger partial charge >= 0.3 is 0 Å². The molecule has 0 fully saturated rings. The normalized spacial score (nSPS) is 10.8. The van der Waals surface area contributed by atoms with Gasteiger partial charge < -0.3 is 10.6 Å². The Labute approximate surface area is 145 Å². The molecule has 0 bridgehead atoms. The van der Waals surface area contributed by atoms with E-state index < -0.39 is 10.8 Å². The zero-order valence-electron chi connectivity index (χ0n) is 14.2. The molecule has 0 heterocycles. The first-order valence-electron chi connectivity index (χ1n) is 7.64. The van der Waals surface area contributed by atoms with Crippen LogP contribution in [0.2, 0.25) is 0 Å². The summed E-state index contributed by atoms with van der Waals surface area (Å²) in [5.41, 5.74) is 0.466. The van der Waals surface area contributed by atoms with E-state index in [1.165, 1.54) is 24.3 Å². The molecular formula is C18H19N3O4. The molecule has 7 heteroatoms. The largest absolute Gasteiger partial charge is 0.347 e. The van der Waals surface area contributed by atoms with Crippen LogP contribution in [0.25, 0.3) is 0 Å². The van der Waals surface area contributed by atoms with E-state index in [4.69, 9.17) is 0 Å². The Hall–Kier alpha value is -3.22. The molecule has 2 N–H and O–H groups in total. The van der Waals surface area contributed by atoms with Crippen molar-refractivity contribution < 1.29 is 14.5 Å². The summed E-state index contributed by atoms with van der Waals surface area (Å²) in [6, 6.07) is 11.9. The van der Waals surface area contributed by atoms with Gasteiger partial charge in [-0.3, -0.25) is 19.7 Å². The van der Waals surface area contributed by atoms with Crippen LogP contribution in [0.3, 0.4) is 0 Å². The Morgan fingerprint density at radius 3 is 2.16 bits per heavy atom. The number of benzene rings is 2. The summed E-state index contributed by atoms with van der Waals surface area (Å²) in [4.78, 5) is 34.7. The second kappa shape index (κ2) is 7.12. The van der Waals surface area contributed by atoms with Gasteiger partial charge in [0.15, 0.2) is 0 Å². The second-order valence-electron chi connectivity index (χ2n) is 6.55. The first kappa shape index (κ1) is 18.1. The van der Waals surface area contributed by atoms with Gasteiger partial charge in [0.2, 0.25) is 0 Å². The highest BCUT2D eigenvalue weighted by molar-refractivity contribution is 6.05. The number of hydrogen-bond donors (Lipinski definition) is 2. The van der Waals surface area contributed by atoms with Crippen LogP contribution >= 0.6 is 0 Å². The Morgan fingerprint density at radius 2 is 1.56 bits per heavy atom. The molecule has 2 aromatic carbocycles.